The van der Waals surface area contributed by atoms with E-state index in [4.69, 9.17) is 0 Å². The lowest BCUT2D eigenvalue weighted by molar-refractivity contribution is 0.0783. The van der Waals surface area contributed by atoms with E-state index in [1.165, 1.54) is 0 Å². The summed E-state index contributed by atoms with van der Waals surface area (Å²) in [4.78, 5) is 13.6. The number of carbonyl (C=O) groups is 1. The first-order valence-electron chi connectivity index (χ1n) is 5.84. The molecule has 5 heteroatoms. The minimum atomic E-state index is -1.55. The molecule has 0 bridgehead atoms. The first-order chi connectivity index (χ1) is 8.40. The van der Waals surface area contributed by atoms with Gasteiger partial charge in [0.15, 0.2) is 17.5 Å². The molecule has 0 N–H and O–H groups in total. The Morgan fingerprint density at radius 2 is 1.56 bits per heavy atom. The first-order valence-corrected chi connectivity index (χ1v) is 5.84. The van der Waals surface area contributed by atoms with Crippen LogP contribution in [0.15, 0.2) is 12.1 Å². The van der Waals surface area contributed by atoms with Gasteiger partial charge < -0.3 is 4.90 Å². The number of carbonyl (C=O) groups excluding carboxylic acids is 1. The summed E-state index contributed by atoms with van der Waals surface area (Å²) in [5.74, 6) is -3.97. The SMILES string of the molecule is CC1CN(C(=O)c2cc(F)c(F)c(F)c2)CC1C. The van der Waals surface area contributed by atoms with E-state index in [1.807, 2.05) is 13.8 Å². The molecular weight excluding hydrogens is 243 g/mol. The second-order valence-electron chi connectivity index (χ2n) is 4.92. The highest BCUT2D eigenvalue weighted by Crippen LogP contribution is 2.24. The number of benzene rings is 1. The number of amides is 1. The number of hydrogen-bond acceptors (Lipinski definition) is 1. The van der Waals surface area contributed by atoms with Gasteiger partial charge in [0.1, 0.15) is 0 Å². The molecule has 2 nitrogen and oxygen atoms in total. The molecule has 0 radical (unpaired) electrons. The van der Waals surface area contributed by atoms with Crippen molar-refractivity contribution in [3.8, 4) is 0 Å². The fraction of sp³-hybridized carbons (Fsp3) is 0.462. The second-order valence-corrected chi connectivity index (χ2v) is 4.92. The van der Waals surface area contributed by atoms with Gasteiger partial charge in [0.25, 0.3) is 5.91 Å². The Kier molecular flexibility index (Phi) is 3.32. The molecule has 1 saturated heterocycles. The lowest BCUT2D eigenvalue weighted by atomic mass is 10.0. The third-order valence-corrected chi connectivity index (χ3v) is 3.51. The molecule has 2 rings (SSSR count). The van der Waals surface area contributed by atoms with Crippen molar-refractivity contribution in [2.24, 2.45) is 11.8 Å². The van der Waals surface area contributed by atoms with Crippen molar-refractivity contribution in [2.75, 3.05) is 13.1 Å². The Hall–Kier alpha value is -1.52. The molecule has 1 amide bonds. The molecule has 2 atom stereocenters. The van der Waals surface area contributed by atoms with Gasteiger partial charge in [0.2, 0.25) is 0 Å². The molecule has 0 spiro atoms. The van der Waals surface area contributed by atoms with Gasteiger partial charge in [-0.25, -0.2) is 13.2 Å². The molecule has 0 aromatic heterocycles. The van der Waals surface area contributed by atoms with Gasteiger partial charge >= 0.3 is 0 Å². The van der Waals surface area contributed by atoms with Crippen LogP contribution in [0.2, 0.25) is 0 Å². The standard InChI is InChI=1S/C13H14F3NO/c1-7-5-17(6-8(7)2)13(18)9-3-10(14)12(16)11(15)4-9/h3-4,7-8H,5-6H2,1-2H3. The van der Waals surface area contributed by atoms with Crippen LogP contribution in [0.4, 0.5) is 13.2 Å². The van der Waals surface area contributed by atoms with Crippen LogP contribution >= 0.6 is 0 Å². The summed E-state index contributed by atoms with van der Waals surface area (Å²) in [7, 11) is 0. The van der Waals surface area contributed by atoms with E-state index < -0.39 is 23.4 Å². The highest BCUT2D eigenvalue weighted by atomic mass is 19.2. The Bertz CT molecular complexity index is 456. The van der Waals surface area contributed by atoms with Crippen LogP contribution in [0.25, 0.3) is 0 Å². The van der Waals surface area contributed by atoms with Gasteiger partial charge in [0, 0.05) is 18.7 Å². The number of hydrogen-bond donors (Lipinski definition) is 0. The molecule has 1 aromatic carbocycles. The maximum Gasteiger partial charge on any atom is 0.254 e. The van der Waals surface area contributed by atoms with E-state index in [-0.39, 0.29) is 5.56 Å². The molecule has 1 aliphatic heterocycles. The predicted molar refractivity (Wildman–Crippen MR) is 60.5 cm³/mol. The first kappa shape index (κ1) is 12.9. The third kappa shape index (κ3) is 2.21. The molecule has 98 valence electrons. The predicted octanol–water partition coefficient (Wildman–Crippen LogP) is 2.83. The quantitative estimate of drug-likeness (QED) is 0.708. The number of halogens is 3. The minimum absolute atomic E-state index is 0.146. The van der Waals surface area contributed by atoms with Gasteiger partial charge in [-0.15, -0.1) is 0 Å². The number of nitrogens with zero attached hydrogens (tertiary/aromatic N) is 1. The van der Waals surface area contributed by atoms with Gasteiger partial charge in [-0.05, 0) is 24.0 Å². The maximum absolute atomic E-state index is 13.1. The average molecular weight is 257 g/mol. The van der Waals surface area contributed by atoms with Crippen LogP contribution in [-0.4, -0.2) is 23.9 Å². The summed E-state index contributed by atoms with van der Waals surface area (Å²) in [6.07, 6.45) is 0. The number of rotatable bonds is 1. The summed E-state index contributed by atoms with van der Waals surface area (Å²) in [5.41, 5.74) is -0.146. The molecule has 18 heavy (non-hydrogen) atoms. The molecule has 0 aliphatic carbocycles. The molecule has 1 fully saturated rings. The van der Waals surface area contributed by atoms with E-state index in [0.29, 0.717) is 24.9 Å². The van der Waals surface area contributed by atoms with Crippen molar-refractivity contribution >= 4 is 5.91 Å². The third-order valence-electron chi connectivity index (χ3n) is 3.51. The van der Waals surface area contributed by atoms with Gasteiger partial charge in [-0.3, -0.25) is 4.79 Å². The summed E-state index contributed by atoms with van der Waals surface area (Å²) in [5, 5.41) is 0. The Morgan fingerprint density at radius 3 is 2.00 bits per heavy atom. The van der Waals surface area contributed by atoms with Crippen molar-refractivity contribution < 1.29 is 18.0 Å². The van der Waals surface area contributed by atoms with Gasteiger partial charge in [0.05, 0.1) is 0 Å². The van der Waals surface area contributed by atoms with Gasteiger partial charge in [-0.1, -0.05) is 13.8 Å². The summed E-state index contributed by atoms with van der Waals surface area (Å²) < 4.78 is 38.9. The van der Waals surface area contributed by atoms with E-state index in [9.17, 15) is 18.0 Å². The minimum Gasteiger partial charge on any atom is -0.338 e. The van der Waals surface area contributed by atoms with Crippen molar-refractivity contribution in [1.82, 2.24) is 4.90 Å². The van der Waals surface area contributed by atoms with Crippen LogP contribution in [-0.2, 0) is 0 Å². The zero-order chi connectivity index (χ0) is 13.4. The fourth-order valence-corrected chi connectivity index (χ4v) is 2.16. The second kappa shape index (κ2) is 4.63. The fourth-order valence-electron chi connectivity index (χ4n) is 2.16. The van der Waals surface area contributed by atoms with Crippen molar-refractivity contribution in [3.63, 3.8) is 0 Å². The van der Waals surface area contributed by atoms with Crippen molar-refractivity contribution in [2.45, 2.75) is 13.8 Å². The summed E-state index contributed by atoms with van der Waals surface area (Å²) >= 11 is 0. The smallest absolute Gasteiger partial charge is 0.254 e. The normalized spacial score (nSPS) is 23.5. The van der Waals surface area contributed by atoms with E-state index in [0.717, 1.165) is 12.1 Å². The monoisotopic (exact) mass is 257 g/mol. The average Bonchev–Trinajstić information content (AvgIpc) is 2.65. The zero-order valence-electron chi connectivity index (χ0n) is 10.2. The summed E-state index contributed by atoms with van der Waals surface area (Å²) in [6.45, 7) is 5.15. The van der Waals surface area contributed by atoms with Crippen LogP contribution < -0.4 is 0 Å². The van der Waals surface area contributed by atoms with Crippen molar-refractivity contribution in [3.05, 3.63) is 35.1 Å². The van der Waals surface area contributed by atoms with Crippen LogP contribution in [0.3, 0.4) is 0 Å². The molecule has 1 aliphatic rings. The summed E-state index contributed by atoms with van der Waals surface area (Å²) in [6, 6.07) is 1.49. The lowest BCUT2D eigenvalue weighted by Crippen LogP contribution is -2.29. The zero-order valence-corrected chi connectivity index (χ0v) is 10.2. The van der Waals surface area contributed by atoms with E-state index >= 15 is 0 Å². The molecule has 0 saturated carbocycles. The van der Waals surface area contributed by atoms with E-state index in [1.54, 1.807) is 4.90 Å². The highest BCUT2D eigenvalue weighted by Gasteiger charge is 2.30. The van der Waals surface area contributed by atoms with Crippen molar-refractivity contribution in [1.29, 1.82) is 0 Å². The molecule has 2 unspecified atom stereocenters. The molecule has 1 heterocycles. The largest absolute Gasteiger partial charge is 0.338 e. The van der Waals surface area contributed by atoms with Crippen LogP contribution in [0.5, 0.6) is 0 Å². The van der Waals surface area contributed by atoms with E-state index in [2.05, 4.69) is 0 Å². The topological polar surface area (TPSA) is 20.3 Å². The number of likely N-dealkylation sites (tertiary alicyclic amines) is 1. The van der Waals surface area contributed by atoms with Gasteiger partial charge in [-0.2, -0.15) is 0 Å². The Morgan fingerprint density at radius 1 is 1.11 bits per heavy atom. The highest BCUT2D eigenvalue weighted by molar-refractivity contribution is 5.94. The lowest BCUT2D eigenvalue weighted by Gasteiger charge is -2.16. The molecular formula is C13H14F3NO. The Labute approximate surface area is 103 Å². The molecule has 1 aromatic rings. The Balaban J connectivity index is 2.25. The van der Waals surface area contributed by atoms with Crippen LogP contribution in [0, 0.1) is 29.3 Å². The maximum atomic E-state index is 13.1. The van der Waals surface area contributed by atoms with Crippen LogP contribution in [0.1, 0.15) is 24.2 Å².